The molecule has 0 aromatic carbocycles. The molecule has 0 aliphatic carbocycles. The summed E-state index contributed by atoms with van der Waals surface area (Å²) in [6.45, 7) is 4.37. The number of aromatic nitrogens is 1. The molecule has 1 aliphatic rings. The second-order valence-electron chi connectivity index (χ2n) is 5.22. The summed E-state index contributed by atoms with van der Waals surface area (Å²) < 4.78 is 32.3. The van der Waals surface area contributed by atoms with Gasteiger partial charge in [0.25, 0.3) is 0 Å². The molecular weight excluding hydrogens is 340 g/mol. The van der Waals surface area contributed by atoms with Crippen LogP contribution < -0.4 is 0 Å². The van der Waals surface area contributed by atoms with Gasteiger partial charge in [0, 0.05) is 29.0 Å². The van der Waals surface area contributed by atoms with Crippen LogP contribution in [0.25, 0.3) is 0 Å². The Morgan fingerprint density at radius 1 is 1.36 bits per heavy atom. The molecule has 0 spiro atoms. The van der Waals surface area contributed by atoms with E-state index in [0.29, 0.717) is 29.8 Å². The maximum absolute atomic E-state index is 12.9. The number of sulfonamides is 1. The van der Waals surface area contributed by atoms with Crippen molar-refractivity contribution in [1.29, 1.82) is 0 Å². The van der Waals surface area contributed by atoms with E-state index in [2.05, 4.69) is 16.6 Å². The Kier molecular flexibility index (Phi) is 4.63. The highest BCUT2D eigenvalue weighted by Gasteiger charge is 2.33. The van der Waals surface area contributed by atoms with Crippen molar-refractivity contribution in [2.24, 2.45) is 0 Å². The molecule has 22 heavy (non-hydrogen) atoms. The average Bonchev–Trinajstić information content (AvgIpc) is 3.03. The van der Waals surface area contributed by atoms with E-state index in [9.17, 15) is 8.42 Å². The lowest BCUT2D eigenvalue weighted by atomic mass is 10.2. The van der Waals surface area contributed by atoms with Crippen LogP contribution in [0.2, 0.25) is 0 Å². The molecule has 0 bridgehead atoms. The molecule has 2 aromatic rings. The lowest BCUT2D eigenvalue weighted by molar-refractivity contribution is 0.388. The van der Waals surface area contributed by atoms with Crippen LogP contribution in [0, 0.1) is 13.8 Å². The van der Waals surface area contributed by atoms with E-state index in [4.69, 9.17) is 4.52 Å². The largest absolute Gasteiger partial charge is 0.360 e. The van der Waals surface area contributed by atoms with Crippen molar-refractivity contribution in [3.05, 3.63) is 33.8 Å². The van der Waals surface area contributed by atoms with Crippen LogP contribution in [0.3, 0.4) is 0 Å². The Balaban J connectivity index is 1.81. The first kappa shape index (κ1) is 16.0. The van der Waals surface area contributed by atoms with Crippen LogP contribution in [0.4, 0.5) is 0 Å². The zero-order valence-electron chi connectivity index (χ0n) is 12.5. The molecule has 1 atom stereocenters. The van der Waals surface area contributed by atoms with Crippen molar-refractivity contribution >= 4 is 33.1 Å². The summed E-state index contributed by atoms with van der Waals surface area (Å²) >= 11 is 3.57. The van der Waals surface area contributed by atoms with E-state index in [1.165, 1.54) is 4.88 Å². The molecule has 0 saturated carbocycles. The third kappa shape index (κ3) is 2.97. The first-order valence-electron chi connectivity index (χ1n) is 7.08. The molecule has 0 unspecified atom stereocenters. The molecule has 1 saturated heterocycles. The van der Waals surface area contributed by atoms with Crippen molar-refractivity contribution in [3.63, 3.8) is 0 Å². The topological polar surface area (TPSA) is 63.4 Å². The monoisotopic (exact) mass is 358 g/mol. The van der Waals surface area contributed by atoms with Gasteiger partial charge in [-0.05, 0) is 31.7 Å². The summed E-state index contributed by atoms with van der Waals surface area (Å²) in [5.74, 6) is 1.16. The van der Waals surface area contributed by atoms with Gasteiger partial charge in [-0.15, -0.1) is 11.3 Å². The summed E-state index contributed by atoms with van der Waals surface area (Å²) in [6.07, 6.45) is 0.827. The van der Waals surface area contributed by atoms with Gasteiger partial charge in [-0.3, -0.25) is 0 Å². The van der Waals surface area contributed by atoms with Crippen LogP contribution in [-0.2, 0) is 10.0 Å². The number of thiophene rings is 1. The third-order valence-corrected chi connectivity index (χ3v) is 8.32. The Morgan fingerprint density at radius 2 is 2.18 bits per heavy atom. The van der Waals surface area contributed by atoms with Crippen LogP contribution in [0.15, 0.2) is 26.9 Å². The maximum Gasteiger partial charge on any atom is 0.248 e. The zero-order valence-corrected chi connectivity index (χ0v) is 14.9. The van der Waals surface area contributed by atoms with Gasteiger partial charge in [0.1, 0.15) is 10.6 Å². The molecule has 1 aliphatic heterocycles. The van der Waals surface area contributed by atoms with E-state index in [0.717, 1.165) is 12.2 Å². The van der Waals surface area contributed by atoms with Crippen molar-refractivity contribution < 1.29 is 12.9 Å². The van der Waals surface area contributed by atoms with Crippen LogP contribution in [-0.4, -0.2) is 36.7 Å². The normalized spacial score (nSPS) is 20.9. The molecule has 5 nitrogen and oxygen atoms in total. The molecule has 2 aromatic heterocycles. The molecule has 120 valence electrons. The molecule has 3 rings (SSSR count). The minimum absolute atomic E-state index is 0.229. The summed E-state index contributed by atoms with van der Waals surface area (Å²) in [4.78, 5) is 1.55. The van der Waals surface area contributed by atoms with Crippen molar-refractivity contribution in [2.75, 3.05) is 18.8 Å². The Morgan fingerprint density at radius 3 is 2.82 bits per heavy atom. The molecule has 8 heteroatoms. The lowest BCUT2D eigenvalue weighted by Gasteiger charge is -2.19. The molecule has 0 amide bonds. The van der Waals surface area contributed by atoms with E-state index in [1.807, 2.05) is 17.8 Å². The minimum atomic E-state index is -3.53. The maximum atomic E-state index is 12.9. The standard InChI is InChI=1S/C14H18N2O3S3/c1-10-14(11(2)19-15-10)22(17,18)16-6-5-13(21-9-7-16)12-4-3-8-20-12/h3-4,8,13H,5-7,9H2,1-2H3/t13-/m1/s1. The first-order valence-corrected chi connectivity index (χ1v) is 10.4. The number of aryl methyl sites for hydroxylation is 2. The smallest absolute Gasteiger partial charge is 0.248 e. The second kappa shape index (κ2) is 6.35. The highest BCUT2D eigenvalue weighted by Crippen LogP contribution is 2.38. The Labute approximate surface area is 138 Å². The molecule has 3 heterocycles. The minimum Gasteiger partial charge on any atom is -0.360 e. The summed E-state index contributed by atoms with van der Waals surface area (Å²) in [5.41, 5.74) is 0.434. The van der Waals surface area contributed by atoms with Crippen LogP contribution in [0.5, 0.6) is 0 Å². The quantitative estimate of drug-likeness (QED) is 0.843. The van der Waals surface area contributed by atoms with Crippen LogP contribution in [0.1, 0.15) is 28.0 Å². The van der Waals surface area contributed by atoms with Gasteiger partial charge in [0.2, 0.25) is 10.0 Å². The fourth-order valence-corrected chi connectivity index (χ4v) is 6.76. The van der Waals surface area contributed by atoms with Crippen molar-refractivity contribution in [1.82, 2.24) is 9.46 Å². The number of thioether (sulfide) groups is 1. The number of hydrogen-bond acceptors (Lipinski definition) is 6. The molecular formula is C14H18N2O3S3. The number of rotatable bonds is 3. The summed E-state index contributed by atoms with van der Waals surface area (Å²) in [7, 11) is -3.53. The van der Waals surface area contributed by atoms with Gasteiger partial charge in [0.15, 0.2) is 5.76 Å². The summed E-state index contributed by atoms with van der Waals surface area (Å²) in [6, 6.07) is 4.17. The third-order valence-electron chi connectivity index (χ3n) is 3.73. The van der Waals surface area contributed by atoms with E-state index in [1.54, 1.807) is 29.5 Å². The fraction of sp³-hybridized carbons (Fsp3) is 0.500. The van der Waals surface area contributed by atoms with Gasteiger partial charge in [-0.1, -0.05) is 11.2 Å². The fourth-order valence-electron chi connectivity index (χ4n) is 2.66. The Hall–Kier alpha value is -0.830. The zero-order chi connectivity index (χ0) is 15.7. The van der Waals surface area contributed by atoms with Gasteiger partial charge < -0.3 is 4.52 Å². The van der Waals surface area contributed by atoms with Gasteiger partial charge in [-0.25, -0.2) is 8.42 Å². The highest BCUT2D eigenvalue weighted by molar-refractivity contribution is 7.99. The van der Waals surface area contributed by atoms with Crippen molar-refractivity contribution in [3.8, 4) is 0 Å². The molecule has 1 fully saturated rings. The lowest BCUT2D eigenvalue weighted by Crippen LogP contribution is -2.33. The predicted molar refractivity (Wildman–Crippen MR) is 88.9 cm³/mol. The average molecular weight is 359 g/mol. The second-order valence-corrected chi connectivity index (χ2v) is 9.39. The molecule has 0 N–H and O–H groups in total. The predicted octanol–water partition coefficient (Wildman–Crippen LogP) is 3.22. The number of hydrogen-bond donors (Lipinski definition) is 0. The van der Waals surface area contributed by atoms with E-state index < -0.39 is 10.0 Å². The SMILES string of the molecule is Cc1noc(C)c1S(=O)(=O)N1CCS[C@@H](c2cccs2)CC1. The highest BCUT2D eigenvalue weighted by atomic mass is 32.2. The molecule has 0 radical (unpaired) electrons. The Bertz CT molecular complexity index is 718. The van der Waals surface area contributed by atoms with Gasteiger partial charge in [0.05, 0.1) is 0 Å². The number of nitrogens with zero attached hydrogens (tertiary/aromatic N) is 2. The van der Waals surface area contributed by atoms with Crippen LogP contribution >= 0.6 is 23.1 Å². The first-order chi connectivity index (χ1) is 10.5. The van der Waals surface area contributed by atoms with Gasteiger partial charge in [-0.2, -0.15) is 16.1 Å². The van der Waals surface area contributed by atoms with E-state index in [-0.39, 0.29) is 4.90 Å². The van der Waals surface area contributed by atoms with Gasteiger partial charge >= 0.3 is 0 Å². The summed E-state index contributed by atoms with van der Waals surface area (Å²) in [5, 5.41) is 6.22. The van der Waals surface area contributed by atoms with Crippen molar-refractivity contribution in [2.45, 2.75) is 30.4 Å². The van der Waals surface area contributed by atoms with E-state index >= 15 is 0 Å².